The normalized spacial score (nSPS) is 34.1. The molecule has 2 saturated carbocycles. The second kappa shape index (κ2) is 5.50. The summed E-state index contributed by atoms with van der Waals surface area (Å²) in [5.74, 6) is 0.841. The molecule has 0 radical (unpaired) electrons. The van der Waals surface area contributed by atoms with Crippen molar-refractivity contribution in [3.63, 3.8) is 0 Å². The van der Waals surface area contributed by atoms with E-state index in [0.717, 1.165) is 5.92 Å². The summed E-state index contributed by atoms with van der Waals surface area (Å²) in [7, 11) is 0. The van der Waals surface area contributed by atoms with E-state index in [1.54, 1.807) is 0 Å². The summed E-state index contributed by atoms with van der Waals surface area (Å²) in [5.41, 5.74) is 6.61. The van der Waals surface area contributed by atoms with Crippen LogP contribution in [-0.4, -0.2) is 19.1 Å². The second-order valence-corrected chi connectivity index (χ2v) is 6.44. The van der Waals surface area contributed by atoms with Gasteiger partial charge in [0.2, 0.25) is 0 Å². The smallest absolute Gasteiger partial charge is 0.00419 e. The highest BCUT2D eigenvalue weighted by Crippen LogP contribution is 2.36. The standard InChI is InChI=1S/C14H28N2/c1-14(7-2-3-8-14)11-16-10-12-5-4-6-13(15)9-12/h12-13,16H,2-11,15H2,1H3. The molecule has 94 valence electrons. The summed E-state index contributed by atoms with van der Waals surface area (Å²) in [4.78, 5) is 0. The first kappa shape index (κ1) is 12.4. The van der Waals surface area contributed by atoms with Gasteiger partial charge < -0.3 is 11.1 Å². The molecule has 2 unspecified atom stereocenters. The van der Waals surface area contributed by atoms with Crippen LogP contribution in [0.25, 0.3) is 0 Å². The van der Waals surface area contributed by atoms with Crippen LogP contribution in [0.3, 0.4) is 0 Å². The van der Waals surface area contributed by atoms with Crippen LogP contribution in [0.5, 0.6) is 0 Å². The summed E-state index contributed by atoms with van der Waals surface area (Å²) in [6, 6.07) is 0.475. The molecule has 0 aromatic rings. The third-order valence-electron chi connectivity index (χ3n) is 4.62. The van der Waals surface area contributed by atoms with Crippen LogP contribution in [0.4, 0.5) is 0 Å². The van der Waals surface area contributed by atoms with Crippen molar-refractivity contribution in [1.82, 2.24) is 5.32 Å². The lowest BCUT2D eigenvalue weighted by atomic mass is 9.85. The molecular weight excluding hydrogens is 196 g/mol. The Morgan fingerprint density at radius 2 is 1.94 bits per heavy atom. The van der Waals surface area contributed by atoms with E-state index in [4.69, 9.17) is 5.73 Å². The van der Waals surface area contributed by atoms with E-state index in [0.29, 0.717) is 11.5 Å². The molecule has 2 aliphatic carbocycles. The minimum absolute atomic E-state index is 0.475. The van der Waals surface area contributed by atoms with Crippen LogP contribution in [0.15, 0.2) is 0 Å². The zero-order chi connectivity index (χ0) is 11.4. The summed E-state index contributed by atoms with van der Waals surface area (Å²) >= 11 is 0. The van der Waals surface area contributed by atoms with Gasteiger partial charge in [0, 0.05) is 12.6 Å². The van der Waals surface area contributed by atoms with Crippen molar-refractivity contribution in [2.75, 3.05) is 13.1 Å². The number of hydrogen-bond acceptors (Lipinski definition) is 2. The minimum atomic E-state index is 0.475. The molecule has 0 amide bonds. The van der Waals surface area contributed by atoms with Gasteiger partial charge >= 0.3 is 0 Å². The molecule has 0 aliphatic heterocycles. The molecule has 0 heterocycles. The molecule has 3 N–H and O–H groups in total. The maximum atomic E-state index is 6.02. The van der Waals surface area contributed by atoms with Crippen molar-refractivity contribution in [2.24, 2.45) is 17.1 Å². The summed E-state index contributed by atoms with van der Waals surface area (Å²) in [6.07, 6.45) is 10.9. The Morgan fingerprint density at radius 1 is 1.19 bits per heavy atom. The van der Waals surface area contributed by atoms with Crippen molar-refractivity contribution < 1.29 is 0 Å². The fraction of sp³-hybridized carbons (Fsp3) is 1.00. The molecule has 2 aliphatic rings. The van der Waals surface area contributed by atoms with Crippen molar-refractivity contribution >= 4 is 0 Å². The number of rotatable bonds is 4. The van der Waals surface area contributed by atoms with Crippen molar-refractivity contribution in [1.29, 1.82) is 0 Å². The monoisotopic (exact) mass is 224 g/mol. The Hall–Kier alpha value is -0.0800. The predicted molar refractivity (Wildman–Crippen MR) is 69.4 cm³/mol. The van der Waals surface area contributed by atoms with E-state index < -0.39 is 0 Å². The first-order chi connectivity index (χ1) is 7.68. The van der Waals surface area contributed by atoms with Gasteiger partial charge in [0.1, 0.15) is 0 Å². The van der Waals surface area contributed by atoms with Gasteiger partial charge in [0.15, 0.2) is 0 Å². The Labute approximate surface area is 100 Å². The molecule has 16 heavy (non-hydrogen) atoms. The highest BCUT2D eigenvalue weighted by atomic mass is 14.9. The lowest BCUT2D eigenvalue weighted by Gasteiger charge is -2.29. The predicted octanol–water partition coefficient (Wildman–Crippen LogP) is 2.67. The first-order valence-electron chi connectivity index (χ1n) is 7.14. The lowest BCUT2D eigenvalue weighted by Crippen LogP contribution is -2.37. The molecule has 0 bridgehead atoms. The van der Waals surface area contributed by atoms with Gasteiger partial charge in [0.25, 0.3) is 0 Å². The Balaban J connectivity index is 1.63. The van der Waals surface area contributed by atoms with Gasteiger partial charge in [-0.15, -0.1) is 0 Å². The third kappa shape index (κ3) is 3.46. The highest BCUT2D eigenvalue weighted by Gasteiger charge is 2.28. The average molecular weight is 224 g/mol. The largest absolute Gasteiger partial charge is 0.328 e. The maximum Gasteiger partial charge on any atom is 0.00419 e. The molecule has 2 nitrogen and oxygen atoms in total. The van der Waals surface area contributed by atoms with E-state index in [9.17, 15) is 0 Å². The molecule has 0 saturated heterocycles. The zero-order valence-electron chi connectivity index (χ0n) is 10.8. The fourth-order valence-corrected chi connectivity index (χ4v) is 3.50. The van der Waals surface area contributed by atoms with E-state index in [1.165, 1.54) is 64.5 Å². The molecular formula is C14H28N2. The zero-order valence-corrected chi connectivity index (χ0v) is 10.8. The van der Waals surface area contributed by atoms with Crippen LogP contribution < -0.4 is 11.1 Å². The van der Waals surface area contributed by atoms with Crippen LogP contribution in [-0.2, 0) is 0 Å². The third-order valence-corrected chi connectivity index (χ3v) is 4.62. The Bertz CT molecular complexity index is 209. The van der Waals surface area contributed by atoms with Crippen molar-refractivity contribution in [3.05, 3.63) is 0 Å². The first-order valence-corrected chi connectivity index (χ1v) is 7.14. The fourth-order valence-electron chi connectivity index (χ4n) is 3.50. The van der Waals surface area contributed by atoms with Gasteiger partial charge in [-0.25, -0.2) is 0 Å². The van der Waals surface area contributed by atoms with Crippen molar-refractivity contribution in [3.8, 4) is 0 Å². The molecule has 2 rings (SSSR count). The molecule has 0 aromatic heterocycles. The quantitative estimate of drug-likeness (QED) is 0.770. The van der Waals surface area contributed by atoms with Gasteiger partial charge in [-0.05, 0) is 50.0 Å². The number of nitrogens with one attached hydrogen (secondary N) is 1. The van der Waals surface area contributed by atoms with Crippen LogP contribution in [0.1, 0.15) is 58.3 Å². The van der Waals surface area contributed by atoms with Gasteiger partial charge in [-0.2, -0.15) is 0 Å². The van der Waals surface area contributed by atoms with Crippen molar-refractivity contribution in [2.45, 2.75) is 64.3 Å². The van der Waals surface area contributed by atoms with Gasteiger partial charge in [0.05, 0.1) is 0 Å². The molecule has 2 fully saturated rings. The number of nitrogens with two attached hydrogens (primary N) is 1. The van der Waals surface area contributed by atoms with E-state index in [2.05, 4.69) is 12.2 Å². The molecule has 2 heteroatoms. The highest BCUT2D eigenvalue weighted by molar-refractivity contribution is 4.83. The summed E-state index contributed by atoms with van der Waals surface area (Å²) < 4.78 is 0. The minimum Gasteiger partial charge on any atom is -0.328 e. The summed E-state index contributed by atoms with van der Waals surface area (Å²) in [6.45, 7) is 4.86. The van der Waals surface area contributed by atoms with E-state index in [1.807, 2.05) is 0 Å². The van der Waals surface area contributed by atoms with Crippen LogP contribution >= 0.6 is 0 Å². The topological polar surface area (TPSA) is 38.0 Å². The lowest BCUT2D eigenvalue weighted by molar-refractivity contribution is 0.271. The summed E-state index contributed by atoms with van der Waals surface area (Å²) in [5, 5.41) is 3.70. The Kier molecular flexibility index (Phi) is 4.26. The molecule has 2 atom stereocenters. The van der Waals surface area contributed by atoms with Crippen LogP contribution in [0.2, 0.25) is 0 Å². The number of hydrogen-bond donors (Lipinski definition) is 2. The molecule has 0 spiro atoms. The van der Waals surface area contributed by atoms with Gasteiger partial charge in [-0.3, -0.25) is 0 Å². The SMILES string of the molecule is CC1(CNCC2CCCC(N)C2)CCCC1. The van der Waals surface area contributed by atoms with E-state index >= 15 is 0 Å². The maximum absolute atomic E-state index is 6.02. The van der Waals surface area contributed by atoms with Gasteiger partial charge in [-0.1, -0.05) is 26.2 Å². The second-order valence-electron chi connectivity index (χ2n) is 6.44. The molecule has 0 aromatic carbocycles. The average Bonchev–Trinajstić information content (AvgIpc) is 2.65. The van der Waals surface area contributed by atoms with Crippen LogP contribution in [0, 0.1) is 11.3 Å². The van der Waals surface area contributed by atoms with E-state index in [-0.39, 0.29) is 0 Å². The Morgan fingerprint density at radius 3 is 2.62 bits per heavy atom.